The molecule has 1 amide bonds. The number of hydrogen-bond donors (Lipinski definition) is 2. The van der Waals surface area contributed by atoms with Crippen LogP contribution in [-0.4, -0.2) is 60.8 Å². The van der Waals surface area contributed by atoms with Crippen molar-refractivity contribution in [3.8, 4) is 0 Å². The van der Waals surface area contributed by atoms with Gasteiger partial charge < -0.3 is 15.2 Å². The van der Waals surface area contributed by atoms with Crippen LogP contribution >= 0.6 is 0 Å². The number of nitrogens with one attached hydrogen (secondary N) is 1. The topological polar surface area (TPSA) is 78.9 Å². The summed E-state index contributed by atoms with van der Waals surface area (Å²) in [5.74, 6) is -0.564. The summed E-state index contributed by atoms with van der Waals surface area (Å²) in [5, 5.41) is 11.6. The average molecular weight is 256 g/mol. The smallest absolute Gasteiger partial charge is 0.305 e. The molecule has 0 aliphatic carbocycles. The van der Waals surface area contributed by atoms with E-state index in [4.69, 9.17) is 9.84 Å². The van der Waals surface area contributed by atoms with Gasteiger partial charge in [-0.05, 0) is 18.8 Å². The maximum atomic E-state index is 11.7. The first-order valence-electron chi connectivity index (χ1n) is 6.48. The molecule has 2 heterocycles. The lowest BCUT2D eigenvalue weighted by Gasteiger charge is -2.37. The highest BCUT2D eigenvalue weighted by molar-refractivity contribution is 5.86. The highest BCUT2D eigenvalue weighted by Crippen LogP contribution is 2.19. The Balaban J connectivity index is 1.93. The lowest BCUT2D eigenvalue weighted by Crippen LogP contribution is -2.57. The molecule has 2 rings (SSSR count). The van der Waals surface area contributed by atoms with Crippen molar-refractivity contribution in [3.63, 3.8) is 0 Å². The molecule has 0 spiro atoms. The molecule has 2 saturated heterocycles. The Morgan fingerprint density at radius 2 is 2.17 bits per heavy atom. The van der Waals surface area contributed by atoms with Crippen molar-refractivity contribution in [2.75, 3.05) is 32.8 Å². The number of aliphatic carboxylic acids is 1. The minimum absolute atomic E-state index is 0.116. The highest BCUT2D eigenvalue weighted by atomic mass is 16.5. The molecule has 0 aromatic rings. The summed E-state index contributed by atoms with van der Waals surface area (Å²) < 4.78 is 5.31. The van der Waals surface area contributed by atoms with Crippen molar-refractivity contribution in [2.24, 2.45) is 5.92 Å². The van der Waals surface area contributed by atoms with Gasteiger partial charge in [0.15, 0.2) is 0 Å². The van der Waals surface area contributed by atoms with Gasteiger partial charge in [-0.1, -0.05) is 0 Å². The zero-order valence-electron chi connectivity index (χ0n) is 10.4. The second kappa shape index (κ2) is 6.15. The van der Waals surface area contributed by atoms with Gasteiger partial charge in [0.05, 0.1) is 12.5 Å². The van der Waals surface area contributed by atoms with Crippen LogP contribution in [0.5, 0.6) is 0 Å². The molecule has 0 radical (unpaired) electrons. The van der Waals surface area contributed by atoms with Crippen molar-refractivity contribution in [1.29, 1.82) is 0 Å². The zero-order valence-corrected chi connectivity index (χ0v) is 10.4. The van der Waals surface area contributed by atoms with Crippen LogP contribution in [0.15, 0.2) is 0 Å². The average Bonchev–Trinajstić information content (AvgIpc) is 2.34. The van der Waals surface area contributed by atoms with Crippen molar-refractivity contribution in [3.05, 3.63) is 0 Å². The van der Waals surface area contributed by atoms with Crippen LogP contribution in [0.4, 0.5) is 0 Å². The number of carbonyl (C=O) groups is 2. The van der Waals surface area contributed by atoms with E-state index in [1.54, 1.807) is 0 Å². The van der Waals surface area contributed by atoms with Crippen LogP contribution < -0.4 is 5.32 Å². The number of hydrogen-bond acceptors (Lipinski definition) is 4. The van der Waals surface area contributed by atoms with E-state index < -0.39 is 12.0 Å². The van der Waals surface area contributed by atoms with E-state index in [0.717, 1.165) is 39.1 Å². The van der Waals surface area contributed by atoms with Crippen LogP contribution in [0.25, 0.3) is 0 Å². The summed E-state index contributed by atoms with van der Waals surface area (Å²) in [6.45, 7) is 3.69. The third-order valence-electron chi connectivity index (χ3n) is 3.64. The van der Waals surface area contributed by atoms with E-state index in [1.807, 2.05) is 4.90 Å². The third-order valence-corrected chi connectivity index (χ3v) is 3.64. The van der Waals surface area contributed by atoms with Crippen LogP contribution in [0.1, 0.15) is 19.3 Å². The normalized spacial score (nSPS) is 26.9. The molecule has 2 aliphatic heterocycles. The van der Waals surface area contributed by atoms with Gasteiger partial charge >= 0.3 is 5.97 Å². The molecule has 2 fully saturated rings. The van der Waals surface area contributed by atoms with E-state index in [-0.39, 0.29) is 12.3 Å². The van der Waals surface area contributed by atoms with Crippen LogP contribution in [-0.2, 0) is 14.3 Å². The lowest BCUT2D eigenvalue weighted by atomic mass is 9.97. The van der Waals surface area contributed by atoms with Gasteiger partial charge in [-0.15, -0.1) is 0 Å². The molecule has 0 saturated carbocycles. The van der Waals surface area contributed by atoms with E-state index >= 15 is 0 Å². The molecule has 0 aromatic carbocycles. The van der Waals surface area contributed by atoms with E-state index in [0.29, 0.717) is 12.5 Å². The number of amides is 1. The fourth-order valence-electron chi connectivity index (χ4n) is 2.63. The Morgan fingerprint density at radius 3 is 2.83 bits per heavy atom. The molecule has 0 aromatic heterocycles. The van der Waals surface area contributed by atoms with Crippen molar-refractivity contribution < 1.29 is 19.4 Å². The second-order valence-electron chi connectivity index (χ2n) is 4.96. The fourth-order valence-corrected chi connectivity index (χ4v) is 2.63. The van der Waals surface area contributed by atoms with Gasteiger partial charge in [-0.2, -0.15) is 0 Å². The van der Waals surface area contributed by atoms with Gasteiger partial charge in [0.1, 0.15) is 0 Å². The minimum Gasteiger partial charge on any atom is -0.481 e. The number of piperazine rings is 1. The largest absolute Gasteiger partial charge is 0.481 e. The standard InChI is InChI=1S/C12H20N2O4/c15-11(16)7-10-12(17)13-3-4-14(10)8-9-1-5-18-6-2-9/h9-10H,1-8H2,(H,13,17)(H,15,16). The minimum atomic E-state index is -0.922. The highest BCUT2D eigenvalue weighted by Gasteiger charge is 2.33. The van der Waals surface area contributed by atoms with Gasteiger partial charge in [0.2, 0.25) is 5.91 Å². The number of nitrogens with zero attached hydrogens (tertiary/aromatic N) is 1. The quantitative estimate of drug-likeness (QED) is 0.721. The molecule has 2 aliphatic rings. The maximum Gasteiger partial charge on any atom is 0.305 e. The van der Waals surface area contributed by atoms with Gasteiger partial charge in [0.25, 0.3) is 0 Å². The van der Waals surface area contributed by atoms with Gasteiger partial charge in [0, 0.05) is 32.8 Å². The Morgan fingerprint density at radius 1 is 1.44 bits per heavy atom. The first-order valence-corrected chi connectivity index (χ1v) is 6.48. The SMILES string of the molecule is O=C(O)CC1C(=O)NCCN1CC1CCOCC1. The summed E-state index contributed by atoms with van der Waals surface area (Å²) in [6.07, 6.45) is 1.88. The predicted octanol–water partition coefficient (Wildman–Crippen LogP) is -0.312. The third kappa shape index (κ3) is 3.43. The Hall–Kier alpha value is -1.14. The fraction of sp³-hybridized carbons (Fsp3) is 0.833. The number of rotatable bonds is 4. The van der Waals surface area contributed by atoms with E-state index in [1.165, 1.54) is 0 Å². The first-order chi connectivity index (χ1) is 8.66. The summed E-state index contributed by atoms with van der Waals surface area (Å²) in [5.41, 5.74) is 0. The van der Waals surface area contributed by atoms with Crippen LogP contribution in [0.2, 0.25) is 0 Å². The molecule has 6 nitrogen and oxygen atoms in total. The summed E-state index contributed by atoms with van der Waals surface area (Å²) in [4.78, 5) is 24.6. The van der Waals surface area contributed by atoms with Gasteiger partial charge in [-0.3, -0.25) is 14.5 Å². The summed E-state index contributed by atoms with van der Waals surface area (Å²) >= 11 is 0. The van der Waals surface area contributed by atoms with E-state index in [2.05, 4.69) is 5.32 Å². The van der Waals surface area contributed by atoms with Crippen molar-refractivity contribution in [2.45, 2.75) is 25.3 Å². The van der Waals surface area contributed by atoms with Crippen LogP contribution in [0.3, 0.4) is 0 Å². The van der Waals surface area contributed by atoms with Crippen molar-refractivity contribution >= 4 is 11.9 Å². The number of ether oxygens (including phenoxy) is 1. The molecule has 1 unspecified atom stereocenters. The molecule has 2 N–H and O–H groups in total. The first kappa shape index (κ1) is 13.3. The van der Waals surface area contributed by atoms with E-state index in [9.17, 15) is 9.59 Å². The molecule has 6 heteroatoms. The molecular weight excluding hydrogens is 236 g/mol. The summed E-state index contributed by atoms with van der Waals surface area (Å²) in [6, 6.07) is -0.515. The monoisotopic (exact) mass is 256 g/mol. The second-order valence-corrected chi connectivity index (χ2v) is 4.96. The Labute approximate surface area is 106 Å². The summed E-state index contributed by atoms with van der Waals surface area (Å²) in [7, 11) is 0. The number of carboxylic acids is 1. The maximum absolute atomic E-state index is 11.7. The number of carbonyl (C=O) groups excluding carboxylic acids is 1. The Kier molecular flexibility index (Phi) is 4.54. The molecule has 102 valence electrons. The van der Waals surface area contributed by atoms with Crippen molar-refractivity contribution in [1.82, 2.24) is 10.2 Å². The van der Waals surface area contributed by atoms with Gasteiger partial charge in [-0.25, -0.2) is 0 Å². The lowest BCUT2D eigenvalue weighted by molar-refractivity contribution is -0.143. The zero-order chi connectivity index (χ0) is 13.0. The molecule has 0 bridgehead atoms. The molecular formula is C12H20N2O4. The molecule has 1 atom stereocenters. The predicted molar refractivity (Wildman–Crippen MR) is 64.2 cm³/mol. The van der Waals surface area contributed by atoms with Crippen LogP contribution in [0, 0.1) is 5.92 Å². The Bertz CT molecular complexity index is 315. The number of carboxylic acid groups (broad SMARTS) is 1. The molecule has 18 heavy (non-hydrogen) atoms.